The van der Waals surface area contributed by atoms with Gasteiger partial charge in [-0.25, -0.2) is 0 Å². The van der Waals surface area contributed by atoms with Crippen LogP contribution < -0.4 is 4.74 Å². The van der Waals surface area contributed by atoms with Crippen molar-refractivity contribution >= 4 is 0 Å². The molecule has 12 heavy (non-hydrogen) atoms. The van der Waals surface area contributed by atoms with E-state index < -0.39 is 0 Å². The number of hydrogen-bond donors (Lipinski definition) is 0. The Balaban J connectivity index is 2.65. The Morgan fingerprint density at radius 1 is 1.50 bits per heavy atom. The van der Waals surface area contributed by atoms with Gasteiger partial charge < -0.3 is 4.74 Å². The molecule has 63 valence electrons. The molecule has 0 aliphatic rings. The predicted octanol–water partition coefficient (Wildman–Crippen LogP) is 2.62. The highest BCUT2D eigenvalue weighted by molar-refractivity contribution is 5.28. The van der Waals surface area contributed by atoms with E-state index in [1.165, 1.54) is 5.56 Å². The van der Waals surface area contributed by atoms with E-state index in [0.29, 0.717) is 0 Å². The largest absolute Gasteiger partial charge is 0.497 e. The minimum Gasteiger partial charge on any atom is -0.497 e. The molecule has 0 N–H and O–H groups in total. The van der Waals surface area contributed by atoms with E-state index in [4.69, 9.17) is 4.74 Å². The summed E-state index contributed by atoms with van der Waals surface area (Å²) < 4.78 is 5.10. The van der Waals surface area contributed by atoms with Crippen molar-refractivity contribution in [2.75, 3.05) is 7.11 Å². The topological polar surface area (TPSA) is 9.23 Å². The molecule has 0 saturated carbocycles. The highest BCUT2D eigenvalue weighted by Crippen LogP contribution is 2.13. The second-order valence-corrected chi connectivity index (χ2v) is 2.60. The van der Waals surface area contributed by atoms with Crippen LogP contribution >= 0.6 is 0 Å². The Labute approximate surface area is 73.7 Å². The molecule has 1 aromatic rings. The normalized spacial score (nSPS) is 9.42. The predicted molar refractivity (Wildman–Crippen MR) is 50.2 cm³/mol. The number of ether oxygens (including phenoxy) is 1. The molecule has 1 nitrogen and oxygen atoms in total. The van der Waals surface area contributed by atoms with Crippen LogP contribution in [0.2, 0.25) is 0 Å². The first-order valence-corrected chi connectivity index (χ1v) is 3.99. The van der Waals surface area contributed by atoms with Gasteiger partial charge in [-0.05, 0) is 30.5 Å². The van der Waals surface area contributed by atoms with Gasteiger partial charge in [0.15, 0.2) is 0 Å². The van der Waals surface area contributed by atoms with Crippen molar-refractivity contribution in [2.45, 2.75) is 12.8 Å². The quantitative estimate of drug-likeness (QED) is 0.659. The first kappa shape index (κ1) is 8.85. The van der Waals surface area contributed by atoms with Crippen LogP contribution in [0, 0.1) is 6.08 Å². The number of hydrogen-bond acceptors (Lipinski definition) is 1. The standard InChI is InChI=1S/C11H13O/c1-3-4-6-10-7-5-8-11(9-10)12-2/h5,7-9H,1,4,6H2,2H3. The Morgan fingerprint density at radius 2 is 2.33 bits per heavy atom. The van der Waals surface area contributed by atoms with Gasteiger partial charge in [-0.2, -0.15) is 0 Å². The van der Waals surface area contributed by atoms with Gasteiger partial charge in [0.25, 0.3) is 0 Å². The maximum absolute atomic E-state index is 5.10. The van der Waals surface area contributed by atoms with Crippen LogP contribution in [0.4, 0.5) is 0 Å². The molecule has 1 heteroatoms. The van der Waals surface area contributed by atoms with Crippen LogP contribution in [-0.4, -0.2) is 7.11 Å². The monoisotopic (exact) mass is 161 g/mol. The lowest BCUT2D eigenvalue weighted by Crippen LogP contribution is -1.86. The van der Waals surface area contributed by atoms with Gasteiger partial charge in [-0.15, -0.1) is 0 Å². The van der Waals surface area contributed by atoms with Crippen LogP contribution in [0.15, 0.2) is 30.8 Å². The SMILES string of the molecule is C=[C]CCc1cccc(OC)c1. The van der Waals surface area contributed by atoms with Crippen LogP contribution in [0.5, 0.6) is 5.75 Å². The van der Waals surface area contributed by atoms with Crippen molar-refractivity contribution in [1.82, 2.24) is 0 Å². The molecule has 1 radical (unpaired) electrons. The Morgan fingerprint density at radius 3 is 3.00 bits per heavy atom. The highest BCUT2D eigenvalue weighted by atomic mass is 16.5. The molecule has 0 bridgehead atoms. The molecule has 0 unspecified atom stereocenters. The zero-order valence-electron chi connectivity index (χ0n) is 7.34. The van der Waals surface area contributed by atoms with Gasteiger partial charge in [0.2, 0.25) is 0 Å². The Kier molecular flexibility index (Phi) is 3.39. The van der Waals surface area contributed by atoms with Crippen molar-refractivity contribution in [3.8, 4) is 5.75 Å². The molecule has 0 heterocycles. The summed E-state index contributed by atoms with van der Waals surface area (Å²) in [4.78, 5) is 0. The smallest absolute Gasteiger partial charge is 0.119 e. The molecule has 1 aromatic carbocycles. The molecular formula is C11H13O. The van der Waals surface area contributed by atoms with Crippen molar-refractivity contribution < 1.29 is 4.74 Å². The minimum atomic E-state index is 0.896. The summed E-state index contributed by atoms with van der Waals surface area (Å²) in [6.45, 7) is 3.56. The molecule has 1 rings (SSSR count). The third-order valence-corrected chi connectivity index (χ3v) is 1.72. The fourth-order valence-electron chi connectivity index (χ4n) is 1.06. The van der Waals surface area contributed by atoms with Gasteiger partial charge in [-0.3, -0.25) is 0 Å². The summed E-state index contributed by atoms with van der Waals surface area (Å²) in [6.07, 6.45) is 4.75. The van der Waals surface area contributed by atoms with Crippen molar-refractivity contribution in [2.24, 2.45) is 0 Å². The Bertz CT molecular complexity index is 253. The van der Waals surface area contributed by atoms with E-state index in [9.17, 15) is 0 Å². The molecule has 0 aliphatic carbocycles. The first-order chi connectivity index (χ1) is 5.86. The zero-order valence-corrected chi connectivity index (χ0v) is 7.34. The minimum absolute atomic E-state index is 0.896. The lowest BCUT2D eigenvalue weighted by molar-refractivity contribution is 0.414. The summed E-state index contributed by atoms with van der Waals surface area (Å²) in [6, 6.07) is 8.07. The maximum atomic E-state index is 5.10. The first-order valence-electron chi connectivity index (χ1n) is 3.99. The fourth-order valence-corrected chi connectivity index (χ4v) is 1.06. The molecule has 0 fully saturated rings. The summed E-state index contributed by atoms with van der Waals surface area (Å²) in [5.41, 5.74) is 1.27. The lowest BCUT2D eigenvalue weighted by Gasteiger charge is -2.01. The average Bonchev–Trinajstić information content (AvgIpc) is 2.15. The molecule has 0 aliphatic heterocycles. The number of allylic oxidation sites excluding steroid dienone is 1. The molecule has 0 amide bonds. The Hall–Kier alpha value is -1.24. The van der Waals surface area contributed by atoms with E-state index in [1.807, 2.05) is 18.2 Å². The van der Waals surface area contributed by atoms with Gasteiger partial charge in [0.05, 0.1) is 7.11 Å². The van der Waals surface area contributed by atoms with Gasteiger partial charge in [0, 0.05) is 0 Å². The molecule has 0 aromatic heterocycles. The van der Waals surface area contributed by atoms with Crippen LogP contribution in [0.25, 0.3) is 0 Å². The summed E-state index contributed by atoms with van der Waals surface area (Å²) in [5, 5.41) is 0. The van der Waals surface area contributed by atoms with E-state index in [2.05, 4.69) is 18.7 Å². The van der Waals surface area contributed by atoms with E-state index in [0.717, 1.165) is 18.6 Å². The molecule has 0 saturated heterocycles. The fraction of sp³-hybridized carbons (Fsp3) is 0.273. The summed E-state index contributed by atoms with van der Waals surface area (Å²) in [7, 11) is 1.68. The number of benzene rings is 1. The van der Waals surface area contributed by atoms with Gasteiger partial charge in [0.1, 0.15) is 5.75 Å². The second kappa shape index (κ2) is 4.60. The van der Waals surface area contributed by atoms with E-state index >= 15 is 0 Å². The number of methoxy groups -OCH3 is 1. The zero-order chi connectivity index (χ0) is 8.81. The van der Waals surface area contributed by atoms with E-state index in [-0.39, 0.29) is 0 Å². The highest BCUT2D eigenvalue weighted by Gasteiger charge is 1.93. The maximum Gasteiger partial charge on any atom is 0.119 e. The third kappa shape index (κ3) is 2.42. The molecular weight excluding hydrogens is 148 g/mol. The lowest BCUT2D eigenvalue weighted by atomic mass is 10.1. The van der Waals surface area contributed by atoms with Crippen molar-refractivity contribution in [3.05, 3.63) is 42.5 Å². The summed E-state index contributed by atoms with van der Waals surface area (Å²) >= 11 is 0. The average molecular weight is 161 g/mol. The number of aryl methyl sites for hydroxylation is 1. The van der Waals surface area contributed by atoms with Crippen LogP contribution in [0.3, 0.4) is 0 Å². The van der Waals surface area contributed by atoms with Crippen molar-refractivity contribution in [3.63, 3.8) is 0 Å². The molecule has 0 atom stereocenters. The molecule has 0 spiro atoms. The van der Waals surface area contributed by atoms with Gasteiger partial charge in [-0.1, -0.05) is 24.8 Å². The summed E-state index contributed by atoms with van der Waals surface area (Å²) in [5.74, 6) is 0.913. The second-order valence-electron chi connectivity index (χ2n) is 2.60. The van der Waals surface area contributed by atoms with E-state index in [1.54, 1.807) is 7.11 Å². The number of rotatable bonds is 4. The van der Waals surface area contributed by atoms with Crippen LogP contribution in [-0.2, 0) is 6.42 Å². The van der Waals surface area contributed by atoms with Gasteiger partial charge >= 0.3 is 0 Å². The third-order valence-electron chi connectivity index (χ3n) is 1.72. The van der Waals surface area contributed by atoms with Crippen molar-refractivity contribution in [1.29, 1.82) is 0 Å². The van der Waals surface area contributed by atoms with Crippen LogP contribution in [0.1, 0.15) is 12.0 Å².